The Bertz CT molecular complexity index is 1230. The van der Waals surface area contributed by atoms with Crippen LogP contribution in [0.5, 0.6) is 0 Å². The van der Waals surface area contributed by atoms with Crippen molar-refractivity contribution in [2.45, 2.75) is 37.8 Å². The van der Waals surface area contributed by atoms with Gasteiger partial charge in [-0.3, -0.25) is 14.7 Å². The van der Waals surface area contributed by atoms with Gasteiger partial charge in [-0.05, 0) is 36.6 Å². The minimum atomic E-state index is -0.518. The topological polar surface area (TPSA) is 95.1 Å². The molecule has 1 aliphatic heterocycles. The van der Waals surface area contributed by atoms with Crippen molar-refractivity contribution in [2.24, 2.45) is 0 Å². The van der Waals surface area contributed by atoms with Crippen molar-refractivity contribution in [1.29, 1.82) is 0 Å². The summed E-state index contributed by atoms with van der Waals surface area (Å²) in [6.45, 7) is 0.789. The maximum absolute atomic E-state index is 13.4. The lowest BCUT2D eigenvalue weighted by atomic mass is 10.0. The number of carbonyl (C=O) groups is 2. The van der Waals surface area contributed by atoms with Crippen LogP contribution in [0.4, 0.5) is 4.39 Å². The molecule has 0 spiro atoms. The fourth-order valence-electron chi connectivity index (χ4n) is 4.34. The molecular formula is C23H22ClFN6O2. The Morgan fingerprint density at radius 1 is 1.27 bits per heavy atom. The smallest absolute Gasteiger partial charge is 0.275 e. The zero-order valence-electron chi connectivity index (χ0n) is 18.0. The van der Waals surface area contributed by atoms with Gasteiger partial charge in [0.05, 0.1) is 11.4 Å². The Balaban J connectivity index is 1.33. The highest BCUT2D eigenvalue weighted by molar-refractivity contribution is 6.30. The molecule has 2 aromatic heterocycles. The number of nitrogens with one attached hydrogen (secondary N) is 1. The lowest BCUT2D eigenvalue weighted by Gasteiger charge is -2.29. The average Bonchev–Trinajstić information content (AvgIpc) is 3.54. The van der Waals surface area contributed by atoms with Crippen LogP contribution < -0.4 is 0 Å². The molecule has 8 nitrogen and oxygen atoms in total. The Labute approximate surface area is 194 Å². The van der Waals surface area contributed by atoms with Crippen LogP contribution in [0.1, 0.15) is 46.0 Å². The van der Waals surface area contributed by atoms with E-state index in [1.165, 1.54) is 12.1 Å². The van der Waals surface area contributed by atoms with Crippen molar-refractivity contribution in [3.05, 3.63) is 75.8 Å². The van der Waals surface area contributed by atoms with Gasteiger partial charge in [0.2, 0.25) is 5.91 Å². The van der Waals surface area contributed by atoms with Crippen LogP contribution in [0.25, 0.3) is 0 Å². The van der Waals surface area contributed by atoms with Crippen LogP contribution in [-0.2, 0) is 29.7 Å². The predicted octanol–water partition coefficient (Wildman–Crippen LogP) is 2.88. The van der Waals surface area contributed by atoms with Crippen molar-refractivity contribution in [3.63, 3.8) is 0 Å². The summed E-state index contributed by atoms with van der Waals surface area (Å²) in [4.78, 5) is 38.4. The number of amides is 2. The van der Waals surface area contributed by atoms with E-state index in [1.807, 2.05) is 0 Å². The number of hydrogen-bond acceptors (Lipinski definition) is 5. The highest BCUT2D eigenvalue weighted by Crippen LogP contribution is 2.49. The van der Waals surface area contributed by atoms with Gasteiger partial charge in [-0.1, -0.05) is 17.7 Å². The van der Waals surface area contributed by atoms with E-state index in [9.17, 15) is 14.0 Å². The molecule has 0 unspecified atom stereocenters. The molecule has 33 heavy (non-hydrogen) atoms. The standard InChI is InChI=1S/C23H22ClFN6O2/c1-30(23(6-7-23)22-26-8-2-9-27-22)21(33)20-15-13-31(10-5-18(15)28-29-20)19(32)12-14-3-4-17(25)16(24)11-14/h2-4,8-9,11H,5-7,10,12-13H2,1H3,(H,28,29). The van der Waals surface area contributed by atoms with Crippen molar-refractivity contribution < 1.29 is 14.0 Å². The third kappa shape index (κ3) is 3.86. The minimum absolute atomic E-state index is 0.0108. The molecule has 0 saturated heterocycles. The van der Waals surface area contributed by atoms with Gasteiger partial charge >= 0.3 is 0 Å². The molecule has 1 aliphatic carbocycles. The van der Waals surface area contributed by atoms with E-state index in [2.05, 4.69) is 20.2 Å². The molecule has 1 N–H and O–H groups in total. The van der Waals surface area contributed by atoms with Gasteiger partial charge in [0, 0.05) is 50.2 Å². The fraction of sp³-hybridized carbons (Fsp3) is 0.348. The van der Waals surface area contributed by atoms with Gasteiger partial charge in [0.1, 0.15) is 11.4 Å². The van der Waals surface area contributed by atoms with E-state index in [-0.39, 0.29) is 29.8 Å². The van der Waals surface area contributed by atoms with E-state index >= 15 is 0 Å². The first-order valence-electron chi connectivity index (χ1n) is 10.7. The van der Waals surface area contributed by atoms with E-state index in [4.69, 9.17) is 11.6 Å². The molecular weight excluding hydrogens is 447 g/mol. The lowest BCUT2D eigenvalue weighted by Crippen LogP contribution is -2.40. The molecule has 3 aromatic rings. The number of aromatic nitrogens is 4. The molecule has 0 atom stereocenters. The normalized spacial score (nSPS) is 16.3. The first kappa shape index (κ1) is 21.5. The maximum atomic E-state index is 13.4. The second kappa shape index (κ2) is 8.22. The first-order valence-corrected chi connectivity index (χ1v) is 11.1. The number of H-pyrrole nitrogens is 1. The summed E-state index contributed by atoms with van der Waals surface area (Å²) >= 11 is 5.84. The molecule has 0 radical (unpaired) electrons. The number of fused-ring (bicyclic) bond motifs is 1. The molecule has 0 bridgehead atoms. The SMILES string of the molecule is CN(C(=O)c1n[nH]c2c1CN(C(=O)Cc1ccc(F)c(Cl)c1)CC2)C1(c2ncccn2)CC1. The molecule has 2 aliphatic rings. The summed E-state index contributed by atoms with van der Waals surface area (Å²) in [5, 5.41) is 7.26. The van der Waals surface area contributed by atoms with Crippen molar-refractivity contribution in [3.8, 4) is 0 Å². The van der Waals surface area contributed by atoms with Gasteiger partial charge < -0.3 is 9.80 Å². The fourth-order valence-corrected chi connectivity index (χ4v) is 4.54. The van der Waals surface area contributed by atoms with Gasteiger partial charge in [-0.25, -0.2) is 14.4 Å². The van der Waals surface area contributed by atoms with Crippen LogP contribution in [-0.4, -0.2) is 55.4 Å². The summed E-state index contributed by atoms with van der Waals surface area (Å²) in [6, 6.07) is 6.02. The third-order valence-electron chi connectivity index (χ3n) is 6.48. The largest absolute Gasteiger partial charge is 0.338 e. The molecule has 3 heterocycles. The highest BCUT2D eigenvalue weighted by Gasteiger charge is 2.53. The number of hydrogen-bond donors (Lipinski definition) is 1. The van der Waals surface area contributed by atoms with Crippen molar-refractivity contribution in [1.82, 2.24) is 30.0 Å². The number of carbonyl (C=O) groups excluding carboxylic acids is 2. The maximum Gasteiger partial charge on any atom is 0.275 e. The Hall–Kier alpha value is -3.33. The molecule has 1 saturated carbocycles. The number of nitrogens with zero attached hydrogens (tertiary/aromatic N) is 5. The summed E-state index contributed by atoms with van der Waals surface area (Å²) in [5.74, 6) is -0.236. The quantitative estimate of drug-likeness (QED) is 0.621. The van der Waals surface area contributed by atoms with Crippen LogP contribution >= 0.6 is 11.6 Å². The van der Waals surface area contributed by atoms with Crippen molar-refractivity contribution >= 4 is 23.4 Å². The van der Waals surface area contributed by atoms with E-state index in [0.29, 0.717) is 30.0 Å². The summed E-state index contributed by atoms with van der Waals surface area (Å²) in [5.41, 5.74) is 2.03. The molecule has 5 rings (SSSR count). The van der Waals surface area contributed by atoms with Gasteiger partial charge in [-0.15, -0.1) is 0 Å². The van der Waals surface area contributed by atoms with E-state index in [0.717, 1.165) is 24.1 Å². The number of aromatic amines is 1. The zero-order chi connectivity index (χ0) is 23.2. The first-order chi connectivity index (χ1) is 15.9. The molecule has 1 fully saturated rings. The van der Waals surface area contributed by atoms with Crippen molar-refractivity contribution in [2.75, 3.05) is 13.6 Å². The summed E-state index contributed by atoms with van der Waals surface area (Å²) in [6.07, 6.45) is 5.60. The van der Waals surface area contributed by atoms with Gasteiger partial charge in [0.15, 0.2) is 11.5 Å². The predicted molar refractivity (Wildman–Crippen MR) is 118 cm³/mol. The number of benzene rings is 1. The van der Waals surface area contributed by atoms with E-state index in [1.54, 1.807) is 41.4 Å². The third-order valence-corrected chi connectivity index (χ3v) is 6.77. The highest BCUT2D eigenvalue weighted by atomic mass is 35.5. The van der Waals surface area contributed by atoms with Gasteiger partial charge in [0.25, 0.3) is 5.91 Å². The Morgan fingerprint density at radius 3 is 2.73 bits per heavy atom. The number of rotatable bonds is 5. The van der Waals surface area contributed by atoms with E-state index < -0.39 is 11.4 Å². The number of halogens is 2. The van der Waals surface area contributed by atoms with Crippen LogP contribution in [0.3, 0.4) is 0 Å². The zero-order valence-corrected chi connectivity index (χ0v) is 18.8. The lowest BCUT2D eigenvalue weighted by molar-refractivity contribution is -0.131. The monoisotopic (exact) mass is 468 g/mol. The Morgan fingerprint density at radius 2 is 2.03 bits per heavy atom. The molecule has 1 aromatic carbocycles. The molecule has 2 amide bonds. The van der Waals surface area contributed by atoms with Crippen LogP contribution in [0.15, 0.2) is 36.7 Å². The van der Waals surface area contributed by atoms with Crippen LogP contribution in [0.2, 0.25) is 5.02 Å². The summed E-state index contributed by atoms with van der Waals surface area (Å²) < 4.78 is 13.4. The molecule has 10 heteroatoms. The van der Waals surface area contributed by atoms with Crippen LogP contribution in [0, 0.1) is 5.82 Å². The minimum Gasteiger partial charge on any atom is -0.338 e. The average molecular weight is 469 g/mol. The molecule has 170 valence electrons. The summed E-state index contributed by atoms with van der Waals surface area (Å²) in [7, 11) is 1.75. The second-order valence-corrected chi connectivity index (χ2v) is 8.90. The second-order valence-electron chi connectivity index (χ2n) is 8.49. The Kier molecular flexibility index (Phi) is 5.36. The van der Waals surface area contributed by atoms with Gasteiger partial charge in [-0.2, -0.15) is 5.10 Å².